The number of ether oxygens (including phenoxy) is 2. The second-order valence-corrected chi connectivity index (χ2v) is 7.08. The van der Waals surface area contributed by atoms with Gasteiger partial charge in [-0.25, -0.2) is 0 Å². The third kappa shape index (κ3) is 5.76. The summed E-state index contributed by atoms with van der Waals surface area (Å²) in [7, 11) is 5.66. The molecule has 0 aliphatic carbocycles. The van der Waals surface area contributed by atoms with Gasteiger partial charge in [-0.15, -0.1) is 11.3 Å². The fourth-order valence-electron chi connectivity index (χ4n) is 2.56. The van der Waals surface area contributed by atoms with Gasteiger partial charge in [-0.2, -0.15) is 0 Å². The van der Waals surface area contributed by atoms with Crippen LogP contribution in [0.2, 0.25) is 0 Å². The van der Waals surface area contributed by atoms with Crippen LogP contribution in [0.3, 0.4) is 0 Å². The van der Waals surface area contributed by atoms with Crippen molar-refractivity contribution in [3.05, 3.63) is 46.2 Å². The summed E-state index contributed by atoms with van der Waals surface area (Å²) in [6, 6.07) is 9.37. The van der Waals surface area contributed by atoms with E-state index in [9.17, 15) is 9.90 Å². The van der Waals surface area contributed by atoms with Crippen LogP contribution in [0.25, 0.3) is 0 Å². The van der Waals surface area contributed by atoms with Gasteiger partial charge in [0, 0.05) is 11.4 Å². The quantitative estimate of drug-likeness (QED) is 0.655. The molecule has 0 saturated heterocycles. The molecule has 2 aromatic rings. The molecular formula is C19H25NO4S. The zero-order chi connectivity index (χ0) is 18.2. The summed E-state index contributed by atoms with van der Waals surface area (Å²) in [5.41, 5.74) is 0.915. The number of carboxylic acid groups (broad SMARTS) is 1. The summed E-state index contributed by atoms with van der Waals surface area (Å²) in [5.74, 6) is -0.0346. The molecule has 0 amide bonds. The van der Waals surface area contributed by atoms with E-state index >= 15 is 0 Å². The van der Waals surface area contributed by atoms with E-state index in [2.05, 4.69) is 4.90 Å². The number of aliphatic carboxylic acids is 1. The molecule has 0 saturated carbocycles. The molecule has 1 aromatic heterocycles. The van der Waals surface area contributed by atoms with Gasteiger partial charge in [0.25, 0.3) is 0 Å². The first kappa shape index (κ1) is 19.3. The van der Waals surface area contributed by atoms with Crippen molar-refractivity contribution in [1.29, 1.82) is 0 Å². The maximum atomic E-state index is 11.6. The Bertz CT molecular complexity index is 670. The fourth-order valence-corrected chi connectivity index (χ4v) is 3.38. The van der Waals surface area contributed by atoms with E-state index in [1.807, 2.05) is 49.8 Å². The maximum absolute atomic E-state index is 11.6. The predicted octanol–water partition coefficient (Wildman–Crippen LogP) is 3.50. The molecule has 0 aliphatic rings. The molecule has 0 spiro atoms. The lowest BCUT2D eigenvalue weighted by atomic mass is 9.97. The lowest BCUT2D eigenvalue weighted by molar-refractivity contribution is -0.138. The Hall–Kier alpha value is -2.05. The van der Waals surface area contributed by atoms with Crippen molar-refractivity contribution in [3.63, 3.8) is 0 Å². The van der Waals surface area contributed by atoms with E-state index in [-0.39, 0.29) is 0 Å². The molecule has 0 aliphatic heterocycles. The standard InChI is InChI=1S/C19H25NO4S/c1-20(2)9-5-10-24-16-8-7-14(13-17(16)23-3)12-15(19(21)22)18-6-4-11-25-18/h4,6-8,11,13,15H,5,9-10,12H2,1-3H3,(H,21,22). The number of methoxy groups -OCH3 is 1. The maximum Gasteiger partial charge on any atom is 0.312 e. The summed E-state index contributed by atoms with van der Waals surface area (Å²) in [6.45, 7) is 1.57. The molecule has 1 atom stereocenters. The van der Waals surface area contributed by atoms with Gasteiger partial charge in [0.1, 0.15) is 0 Å². The topological polar surface area (TPSA) is 59.0 Å². The fraction of sp³-hybridized carbons (Fsp3) is 0.421. The third-order valence-electron chi connectivity index (χ3n) is 3.86. The predicted molar refractivity (Wildman–Crippen MR) is 100 cm³/mol. The van der Waals surface area contributed by atoms with Crippen LogP contribution in [0, 0.1) is 0 Å². The second kappa shape index (κ2) is 9.44. The van der Waals surface area contributed by atoms with Crippen LogP contribution < -0.4 is 9.47 Å². The van der Waals surface area contributed by atoms with E-state index in [4.69, 9.17) is 9.47 Å². The average Bonchev–Trinajstić information content (AvgIpc) is 3.10. The number of benzene rings is 1. The van der Waals surface area contributed by atoms with Crippen LogP contribution in [0.5, 0.6) is 11.5 Å². The van der Waals surface area contributed by atoms with E-state index < -0.39 is 11.9 Å². The molecule has 2 rings (SSSR count). The summed E-state index contributed by atoms with van der Waals surface area (Å²) in [4.78, 5) is 14.6. The minimum Gasteiger partial charge on any atom is -0.493 e. The highest BCUT2D eigenvalue weighted by Crippen LogP contribution is 2.31. The van der Waals surface area contributed by atoms with Gasteiger partial charge in [0.05, 0.1) is 19.6 Å². The number of carboxylic acids is 1. The van der Waals surface area contributed by atoms with Crippen molar-refractivity contribution in [1.82, 2.24) is 4.90 Å². The normalized spacial score (nSPS) is 12.2. The molecule has 1 unspecified atom stereocenters. The van der Waals surface area contributed by atoms with Gasteiger partial charge in [-0.1, -0.05) is 12.1 Å². The second-order valence-electron chi connectivity index (χ2n) is 6.10. The summed E-state index contributed by atoms with van der Waals surface area (Å²) >= 11 is 1.47. The lowest BCUT2D eigenvalue weighted by Crippen LogP contribution is -2.15. The van der Waals surface area contributed by atoms with Crippen molar-refractivity contribution < 1.29 is 19.4 Å². The summed E-state index contributed by atoms with van der Waals surface area (Å²) in [6.07, 6.45) is 1.35. The molecular weight excluding hydrogens is 338 g/mol. The highest BCUT2D eigenvalue weighted by molar-refractivity contribution is 7.10. The van der Waals surface area contributed by atoms with Crippen LogP contribution in [0.15, 0.2) is 35.7 Å². The Balaban J connectivity index is 2.05. The molecule has 1 N–H and O–H groups in total. The summed E-state index contributed by atoms with van der Waals surface area (Å²) < 4.78 is 11.2. The van der Waals surface area contributed by atoms with E-state index in [0.717, 1.165) is 23.4 Å². The molecule has 0 fully saturated rings. The molecule has 1 aromatic carbocycles. The van der Waals surface area contributed by atoms with Gasteiger partial charge in [0.15, 0.2) is 11.5 Å². The molecule has 25 heavy (non-hydrogen) atoms. The van der Waals surface area contributed by atoms with Crippen molar-refractivity contribution >= 4 is 17.3 Å². The lowest BCUT2D eigenvalue weighted by Gasteiger charge is -2.15. The highest BCUT2D eigenvalue weighted by Gasteiger charge is 2.22. The van der Waals surface area contributed by atoms with E-state index in [1.165, 1.54) is 11.3 Å². The molecule has 0 radical (unpaired) electrons. The van der Waals surface area contributed by atoms with Crippen LogP contribution >= 0.6 is 11.3 Å². The Kier molecular flexibility index (Phi) is 7.28. The Morgan fingerprint density at radius 1 is 1.28 bits per heavy atom. The zero-order valence-corrected chi connectivity index (χ0v) is 15.7. The number of carbonyl (C=O) groups is 1. The zero-order valence-electron chi connectivity index (χ0n) is 14.9. The Morgan fingerprint density at radius 3 is 2.68 bits per heavy atom. The third-order valence-corrected chi connectivity index (χ3v) is 4.85. The van der Waals surface area contributed by atoms with Gasteiger partial charge in [-0.3, -0.25) is 4.79 Å². The van der Waals surface area contributed by atoms with Crippen molar-refractivity contribution in [2.45, 2.75) is 18.8 Å². The summed E-state index contributed by atoms with van der Waals surface area (Å²) in [5, 5.41) is 11.4. The van der Waals surface area contributed by atoms with Crippen LogP contribution in [0.1, 0.15) is 22.8 Å². The largest absolute Gasteiger partial charge is 0.493 e. The van der Waals surface area contributed by atoms with Gasteiger partial charge in [0.2, 0.25) is 0 Å². The number of hydrogen-bond acceptors (Lipinski definition) is 5. The molecule has 5 nitrogen and oxygen atoms in total. The first-order valence-electron chi connectivity index (χ1n) is 8.22. The minimum atomic E-state index is -0.814. The first-order chi connectivity index (χ1) is 12.0. The number of hydrogen-bond donors (Lipinski definition) is 1. The average molecular weight is 363 g/mol. The number of rotatable bonds is 10. The van der Waals surface area contributed by atoms with E-state index in [0.29, 0.717) is 24.5 Å². The Morgan fingerprint density at radius 2 is 2.08 bits per heavy atom. The monoisotopic (exact) mass is 363 g/mol. The van der Waals surface area contributed by atoms with Crippen molar-refractivity contribution in [2.75, 3.05) is 34.4 Å². The van der Waals surface area contributed by atoms with Crippen LogP contribution in [-0.2, 0) is 11.2 Å². The van der Waals surface area contributed by atoms with E-state index in [1.54, 1.807) is 7.11 Å². The minimum absolute atomic E-state index is 0.424. The Labute approximate surface area is 152 Å². The molecule has 0 bridgehead atoms. The number of nitrogens with zero attached hydrogens (tertiary/aromatic N) is 1. The molecule has 136 valence electrons. The molecule has 1 heterocycles. The smallest absolute Gasteiger partial charge is 0.312 e. The highest BCUT2D eigenvalue weighted by atomic mass is 32.1. The van der Waals surface area contributed by atoms with Crippen molar-refractivity contribution in [3.8, 4) is 11.5 Å². The van der Waals surface area contributed by atoms with Gasteiger partial charge in [-0.05, 0) is 56.1 Å². The SMILES string of the molecule is COc1cc(CC(C(=O)O)c2cccs2)ccc1OCCCN(C)C. The van der Waals surface area contributed by atoms with Gasteiger partial charge >= 0.3 is 5.97 Å². The van der Waals surface area contributed by atoms with Gasteiger partial charge < -0.3 is 19.5 Å². The van der Waals surface area contributed by atoms with Crippen LogP contribution in [-0.4, -0.2) is 50.3 Å². The number of thiophene rings is 1. The first-order valence-corrected chi connectivity index (χ1v) is 9.10. The van der Waals surface area contributed by atoms with Crippen LogP contribution in [0.4, 0.5) is 0 Å². The van der Waals surface area contributed by atoms with Crippen molar-refractivity contribution in [2.24, 2.45) is 0 Å². The molecule has 6 heteroatoms.